The van der Waals surface area contributed by atoms with Crippen LogP contribution in [-0.4, -0.2) is 22.4 Å². The van der Waals surface area contributed by atoms with Crippen LogP contribution in [0, 0.1) is 6.92 Å². The Morgan fingerprint density at radius 1 is 1.25 bits per heavy atom. The van der Waals surface area contributed by atoms with Gasteiger partial charge in [0.25, 0.3) is 6.43 Å². The van der Waals surface area contributed by atoms with E-state index in [0.717, 1.165) is 42.8 Å². The highest BCUT2D eigenvalue weighted by Crippen LogP contribution is 2.40. The van der Waals surface area contributed by atoms with Crippen molar-refractivity contribution in [2.24, 2.45) is 7.05 Å². The molecule has 0 spiro atoms. The Kier molecular flexibility index (Phi) is 4.61. The molecule has 0 radical (unpaired) electrons. The molecule has 0 fully saturated rings. The zero-order valence-electron chi connectivity index (χ0n) is 14.8. The first-order valence-corrected chi connectivity index (χ1v) is 8.64. The van der Waals surface area contributed by atoms with Gasteiger partial charge in [-0.25, -0.2) is 8.78 Å². The van der Waals surface area contributed by atoms with Gasteiger partial charge in [-0.1, -0.05) is 6.92 Å². The van der Waals surface area contributed by atoms with Crippen molar-refractivity contribution in [1.29, 1.82) is 0 Å². The van der Waals surface area contributed by atoms with Gasteiger partial charge in [0.2, 0.25) is 0 Å². The van der Waals surface area contributed by atoms with Gasteiger partial charge in [-0.3, -0.25) is 4.68 Å². The summed E-state index contributed by atoms with van der Waals surface area (Å²) in [5.74, 6) is 0. The average Bonchev–Trinajstić information content (AvgIpc) is 2.91. The fraction of sp³-hybridized carbons (Fsp3) is 0.526. The molecule has 0 amide bonds. The van der Waals surface area contributed by atoms with Gasteiger partial charge < -0.3 is 4.90 Å². The van der Waals surface area contributed by atoms with Crippen molar-refractivity contribution >= 4 is 5.69 Å². The predicted octanol–water partition coefficient (Wildman–Crippen LogP) is 4.88. The van der Waals surface area contributed by atoms with Gasteiger partial charge in [-0.2, -0.15) is 5.10 Å². The third kappa shape index (κ3) is 2.80. The number of rotatable bonds is 4. The van der Waals surface area contributed by atoms with Gasteiger partial charge in [0.05, 0.1) is 6.20 Å². The summed E-state index contributed by atoms with van der Waals surface area (Å²) in [5.41, 5.74) is 4.60. The first-order valence-electron chi connectivity index (χ1n) is 8.64. The van der Waals surface area contributed by atoms with Gasteiger partial charge in [0, 0.05) is 42.1 Å². The van der Waals surface area contributed by atoms with Crippen molar-refractivity contribution in [1.82, 2.24) is 9.78 Å². The molecule has 1 atom stereocenters. The van der Waals surface area contributed by atoms with E-state index in [9.17, 15) is 8.78 Å². The fourth-order valence-corrected chi connectivity index (χ4v) is 3.53. The number of aryl methyl sites for hydroxylation is 2. The second-order valence-electron chi connectivity index (χ2n) is 6.69. The van der Waals surface area contributed by atoms with Crippen molar-refractivity contribution in [3.8, 4) is 11.1 Å². The summed E-state index contributed by atoms with van der Waals surface area (Å²) in [6.07, 6.45) is 2.21. The van der Waals surface area contributed by atoms with Gasteiger partial charge in [-0.15, -0.1) is 0 Å². The Bertz CT molecular complexity index is 736. The molecule has 0 saturated carbocycles. The van der Waals surface area contributed by atoms with Crippen LogP contribution < -0.4 is 4.90 Å². The molecular weight excluding hydrogens is 308 g/mol. The molecule has 1 aromatic carbocycles. The standard InChI is InChI=1S/C19H25F2N3/c1-5-12(2)24-8-6-7-14-9-15(16(19(20)21)10-18(14)24)17-11-22-23(4)13(17)3/h9-12,19H,5-8H2,1-4H3. The molecule has 3 rings (SSSR count). The van der Waals surface area contributed by atoms with Crippen molar-refractivity contribution < 1.29 is 8.78 Å². The number of benzene rings is 1. The summed E-state index contributed by atoms with van der Waals surface area (Å²) >= 11 is 0. The largest absolute Gasteiger partial charge is 0.369 e. The van der Waals surface area contributed by atoms with Crippen LogP contribution in [0.4, 0.5) is 14.5 Å². The van der Waals surface area contributed by atoms with Crippen LogP contribution in [0.25, 0.3) is 11.1 Å². The normalized spacial score (nSPS) is 15.7. The Morgan fingerprint density at radius 3 is 2.58 bits per heavy atom. The number of aromatic nitrogens is 2. The van der Waals surface area contributed by atoms with Crippen LogP contribution >= 0.6 is 0 Å². The van der Waals surface area contributed by atoms with Crippen LogP contribution in [0.5, 0.6) is 0 Å². The Labute approximate surface area is 142 Å². The number of halogens is 2. The summed E-state index contributed by atoms with van der Waals surface area (Å²) in [7, 11) is 1.84. The molecule has 3 nitrogen and oxygen atoms in total. The predicted molar refractivity (Wildman–Crippen MR) is 93.8 cm³/mol. The molecule has 1 aromatic heterocycles. The van der Waals surface area contributed by atoms with Crippen molar-refractivity contribution in [2.75, 3.05) is 11.4 Å². The maximum Gasteiger partial charge on any atom is 0.264 e. The first-order chi connectivity index (χ1) is 11.4. The van der Waals surface area contributed by atoms with Gasteiger partial charge in [-0.05, 0) is 56.4 Å². The highest BCUT2D eigenvalue weighted by atomic mass is 19.3. The number of fused-ring (bicyclic) bond motifs is 1. The molecule has 0 bridgehead atoms. The summed E-state index contributed by atoms with van der Waals surface area (Å²) in [5, 5.41) is 4.22. The molecule has 1 unspecified atom stereocenters. The quantitative estimate of drug-likeness (QED) is 0.795. The summed E-state index contributed by atoms with van der Waals surface area (Å²) in [6.45, 7) is 7.16. The van der Waals surface area contributed by atoms with Crippen molar-refractivity contribution in [2.45, 2.75) is 52.5 Å². The zero-order valence-corrected chi connectivity index (χ0v) is 14.8. The van der Waals surface area contributed by atoms with E-state index in [1.807, 2.05) is 20.0 Å². The molecule has 0 aliphatic carbocycles. The molecule has 130 valence electrons. The lowest BCUT2D eigenvalue weighted by molar-refractivity contribution is 0.152. The van der Waals surface area contributed by atoms with Crippen molar-refractivity contribution in [3.05, 3.63) is 35.2 Å². The second kappa shape index (κ2) is 6.54. The van der Waals surface area contributed by atoms with E-state index in [2.05, 4.69) is 23.8 Å². The number of alkyl halides is 2. The molecule has 2 heterocycles. The molecule has 24 heavy (non-hydrogen) atoms. The zero-order chi connectivity index (χ0) is 17.4. The summed E-state index contributed by atoms with van der Waals surface area (Å²) in [4.78, 5) is 2.28. The van der Waals surface area contributed by atoms with E-state index >= 15 is 0 Å². The third-order valence-electron chi connectivity index (χ3n) is 5.29. The lowest BCUT2D eigenvalue weighted by Gasteiger charge is -2.36. The molecular formula is C19H25F2N3. The lowest BCUT2D eigenvalue weighted by atomic mass is 9.91. The number of anilines is 1. The summed E-state index contributed by atoms with van der Waals surface area (Å²) in [6, 6.07) is 4.04. The molecule has 1 aliphatic rings. The highest BCUT2D eigenvalue weighted by molar-refractivity contribution is 5.75. The molecule has 1 aliphatic heterocycles. The van der Waals surface area contributed by atoms with E-state index in [4.69, 9.17) is 0 Å². The van der Waals surface area contributed by atoms with Crippen LogP contribution in [0.2, 0.25) is 0 Å². The Morgan fingerprint density at radius 2 is 2.00 bits per heavy atom. The molecule has 5 heteroatoms. The third-order valence-corrected chi connectivity index (χ3v) is 5.29. The smallest absolute Gasteiger partial charge is 0.264 e. The SMILES string of the molecule is CCC(C)N1CCCc2cc(-c3cnn(C)c3C)c(C(F)F)cc21. The summed E-state index contributed by atoms with van der Waals surface area (Å²) < 4.78 is 29.3. The minimum Gasteiger partial charge on any atom is -0.369 e. The van der Waals surface area contributed by atoms with E-state index < -0.39 is 6.43 Å². The molecule has 2 aromatic rings. The van der Waals surface area contributed by atoms with Crippen LogP contribution in [0.3, 0.4) is 0 Å². The number of nitrogens with zero attached hydrogens (tertiary/aromatic N) is 3. The van der Waals surface area contributed by atoms with Gasteiger partial charge in [0.1, 0.15) is 0 Å². The Hall–Kier alpha value is -1.91. The van der Waals surface area contributed by atoms with Gasteiger partial charge >= 0.3 is 0 Å². The first kappa shape index (κ1) is 16.9. The molecule has 0 N–H and O–H groups in total. The van der Waals surface area contributed by atoms with E-state index in [0.29, 0.717) is 11.6 Å². The van der Waals surface area contributed by atoms with Crippen LogP contribution in [0.1, 0.15) is 49.9 Å². The van der Waals surface area contributed by atoms with E-state index in [1.165, 1.54) is 5.56 Å². The highest BCUT2D eigenvalue weighted by Gasteiger charge is 2.26. The minimum absolute atomic E-state index is 0.111. The number of hydrogen-bond acceptors (Lipinski definition) is 2. The van der Waals surface area contributed by atoms with Crippen LogP contribution in [-0.2, 0) is 13.5 Å². The minimum atomic E-state index is -2.49. The van der Waals surface area contributed by atoms with Gasteiger partial charge in [0.15, 0.2) is 0 Å². The maximum atomic E-state index is 13.8. The number of hydrogen-bond donors (Lipinski definition) is 0. The fourth-order valence-electron chi connectivity index (χ4n) is 3.53. The van der Waals surface area contributed by atoms with E-state index in [1.54, 1.807) is 16.9 Å². The average molecular weight is 333 g/mol. The Balaban J connectivity index is 2.17. The topological polar surface area (TPSA) is 21.1 Å². The van der Waals surface area contributed by atoms with Crippen LogP contribution in [0.15, 0.2) is 18.3 Å². The molecule has 0 saturated heterocycles. The monoisotopic (exact) mass is 333 g/mol. The van der Waals surface area contributed by atoms with E-state index in [-0.39, 0.29) is 5.56 Å². The van der Waals surface area contributed by atoms with Crippen molar-refractivity contribution in [3.63, 3.8) is 0 Å². The second-order valence-corrected chi connectivity index (χ2v) is 6.69. The lowest BCUT2D eigenvalue weighted by Crippen LogP contribution is -2.37. The maximum absolute atomic E-state index is 13.8.